The number of rotatable bonds is 6. The Morgan fingerprint density at radius 3 is 2.67 bits per heavy atom. The minimum Gasteiger partial charge on any atom is -0.431 e. The van der Waals surface area contributed by atoms with Gasteiger partial charge in [-0.15, -0.1) is 0 Å². The fraction of sp³-hybridized carbons (Fsp3) is 0.333. The summed E-state index contributed by atoms with van der Waals surface area (Å²) in [6, 6.07) is 13.8. The van der Waals surface area contributed by atoms with Gasteiger partial charge < -0.3 is 9.73 Å². The molecule has 1 unspecified atom stereocenters. The summed E-state index contributed by atoms with van der Waals surface area (Å²) in [5.74, 6) is -0.255. The van der Waals surface area contributed by atoms with Gasteiger partial charge in [0.25, 0.3) is 5.22 Å². The summed E-state index contributed by atoms with van der Waals surface area (Å²) >= 11 is 1.21. The van der Waals surface area contributed by atoms with Gasteiger partial charge in [0.1, 0.15) is 5.52 Å². The minimum absolute atomic E-state index is 0.196. The highest BCUT2D eigenvalue weighted by molar-refractivity contribution is 8.00. The Balaban J connectivity index is 1.44. The summed E-state index contributed by atoms with van der Waals surface area (Å²) < 4.78 is 32.9. The summed E-state index contributed by atoms with van der Waals surface area (Å²) in [5, 5.41) is 2.74. The minimum atomic E-state index is -3.55. The quantitative estimate of drug-likeness (QED) is 0.574. The molecule has 1 N–H and O–H groups in total. The lowest BCUT2D eigenvalue weighted by Gasteiger charge is -2.26. The van der Waals surface area contributed by atoms with E-state index < -0.39 is 15.3 Å². The molecule has 1 aliphatic heterocycles. The predicted molar refractivity (Wildman–Crippen MR) is 117 cm³/mol. The van der Waals surface area contributed by atoms with Crippen molar-refractivity contribution in [1.82, 2.24) is 9.29 Å². The van der Waals surface area contributed by atoms with Crippen molar-refractivity contribution in [1.29, 1.82) is 0 Å². The number of anilines is 1. The molecular weight excluding hydrogens is 422 g/mol. The highest BCUT2D eigenvalue weighted by Crippen LogP contribution is 2.28. The smallest absolute Gasteiger partial charge is 0.257 e. The Labute approximate surface area is 179 Å². The third-order valence-corrected chi connectivity index (χ3v) is 7.81. The summed E-state index contributed by atoms with van der Waals surface area (Å²) in [4.78, 5) is 17.2. The number of amides is 1. The molecule has 158 valence electrons. The van der Waals surface area contributed by atoms with Crippen LogP contribution in [-0.4, -0.2) is 42.0 Å². The van der Waals surface area contributed by atoms with Gasteiger partial charge in [-0.2, -0.15) is 4.31 Å². The SMILES string of the molecule is CC(Sc1nc2ccccc2o1)C(=O)Nc1cccc(S(=O)(=O)N2CCCCC2)c1. The number of thioether (sulfide) groups is 1. The van der Waals surface area contributed by atoms with Crippen molar-refractivity contribution < 1.29 is 17.6 Å². The van der Waals surface area contributed by atoms with E-state index in [1.54, 1.807) is 25.1 Å². The zero-order valence-corrected chi connectivity index (χ0v) is 18.2. The first-order valence-corrected chi connectivity index (χ1v) is 12.2. The Bertz CT molecular complexity index is 1120. The van der Waals surface area contributed by atoms with Crippen LogP contribution in [0.5, 0.6) is 0 Å². The van der Waals surface area contributed by atoms with Gasteiger partial charge in [-0.3, -0.25) is 4.79 Å². The van der Waals surface area contributed by atoms with Gasteiger partial charge in [0, 0.05) is 18.8 Å². The lowest BCUT2D eigenvalue weighted by Crippen LogP contribution is -2.35. The number of para-hydroxylation sites is 2. The van der Waals surface area contributed by atoms with E-state index in [-0.39, 0.29) is 10.8 Å². The molecule has 2 heterocycles. The summed E-state index contributed by atoms with van der Waals surface area (Å²) in [6.45, 7) is 2.83. The second-order valence-corrected chi connectivity index (χ2v) is 10.4. The molecule has 1 aromatic heterocycles. The second-order valence-electron chi connectivity index (χ2n) is 7.19. The molecule has 0 aliphatic carbocycles. The van der Waals surface area contributed by atoms with Crippen LogP contribution in [0.25, 0.3) is 11.1 Å². The maximum absolute atomic E-state index is 12.9. The van der Waals surface area contributed by atoms with Crippen LogP contribution in [0, 0.1) is 0 Å². The predicted octanol–water partition coefficient (Wildman–Crippen LogP) is 4.12. The highest BCUT2D eigenvalue weighted by Gasteiger charge is 2.26. The van der Waals surface area contributed by atoms with Gasteiger partial charge in [0.2, 0.25) is 15.9 Å². The average Bonchev–Trinajstić information content (AvgIpc) is 3.17. The molecule has 2 aromatic carbocycles. The number of oxazole rings is 1. The Morgan fingerprint density at radius 2 is 1.90 bits per heavy atom. The number of piperidine rings is 1. The van der Waals surface area contributed by atoms with Crippen LogP contribution in [0.1, 0.15) is 26.2 Å². The van der Waals surface area contributed by atoms with Gasteiger partial charge in [-0.05, 0) is 50.1 Å². The molecule has 30 heavy (non-hydrogen) atoms. The number of benzene rings is 2. The standard InChI is InChI=1S/C21H23N3O4S2/c1-15(29-21-23-18-10-3-4-11-19(18)28-21)20(25)22-16-8-7-9-17(14-16)30(26,27)24-12-5-2-6-13-24/h3-4,7-11,14-15H,2,5-6,12-13H2,1H3,(H,22,25). The molecule has 1 amide bonds. The van der Waals surface area contributed by atoms with Crippen molar-refractivity contribution in [3.8, 4) is 0 Å². The first kappa shape index (κ1) is 20.9. The third-order valence-electron chi connectivity index (χ3n) is 4.98. The molecule has 1 saturated heterocycles. The zero-order chi connectivity index (χ0) is 21.1. The molecule has 1 fully saturated rings. The van der Waals surface area contributed by atoms with E-state index in [2.05, 4.69) is 10.3 Å². The van der Waals surface area contributed by atoms with Crippen molar-refractivity contribution in [2.24, 2.45) is 0 Å². The van der Waals surface area contributed by atoms with E-state index in [0.29, 0.717) is 29.6 Å². The fourth-order valence-corrected chi connectivity index (χ4v) is 5.66. The topological polar surface area (TPSA) is 92.5 Å². The van der Waals surface area contributed by atoms with Crippen molar-refractivity contribution in [3.05, 3.63) is 48.5 Å². The van der Waals surface area contributed by atoms with Gasteiger partial charge in [0.05, 0.1) is 10.1 Å². The number of carbonyl (C=O) groups is 1. The van der Waals surface area contributed by atoms with Crippen molar-refractivity contribution in [3.63, 3.8) is 0 Å². The molecule has 7 nitrogen and oxygen atoms in total. The monoisotopic (exact) mass is 445 g/mol. The maximum atomic E-state index is 12.9. The molecule has 0 bridgehead atoms. The number of aromatic nitrogens is 1. The molecule has 0 spiro atoms. The number of sulfonamides is 1. The fourth-order valence-electron chi connectivity index (χ4n) is 3.34. The van der Waals surface area contributed by atoms with E-state index in [1.807, 2.05) is 24.3 Å². The number of hydrogen-bond acceptors (Lipinski definition) is 6. The number of hydrogen-bond donors (Lipinski definition) is 1. The van der Waals surface area contributed by atoms with E-state index in [1.165, 1.54) is 22.1 Å². The van der Waals surface area contributed by atoms with E-state index in [9.17, 15) is 13.2 Å². The number of fused-ring (bicyclic) bond motifs is 1. The molecule has 3 aromatic rings. The molecule has 4 rings (SSSR count). The van der Waals surface area contributed by atoms with Crippen LogP contribution in [0.2, 0.25) is 0 Å². The van der Waals surface area contributed by atoms with Gasteiger partial charge >= 0.3 is 0 Å². The van der Waals surface area contributed by atoms with Crippen molar-refractivity contribution in [2.75, 3.05) is 18.4 Å². The number of carbonyl (C=O) groups excluding carboxylic acids is 1. The molecular formula is C21H23N3O4S2. The summed E-state index contributed by atoms with van der Waals surface area (Å²) in [7, 11) is -3.55. The molecule has 0 radical (unpaired) electrons. The molecule has 1 aliphatic rings. The molecule has 9 heteroatoms. The average molecular weight is 446 g/mol. The lowest BCUT2D eigenvalue weighted by atomic mass is 10.2. The summed E-state index contributed by atoms with van der Waals surface area (Å²) in [6.07, 6.45) is 2.80. The Morgan fingerprint density at radius 1 is 1.13 bits per heavy atom. The third kappa shape index (κ3) is 4.53. The molecule has 1 atom stereocenters. The van der Waals surface area contributed by atoms with Crippen molar-refractivity contribution in [2.45, 2.75) is 41.6 Å². The van der Waals surface area contributed by atoms with Gasteiger partial charge in [-0.1, -0.05) is 36.4 Å². The Kier molecular flexibility index (Phi) is 6.12. The van der Waals surface area contributed by atoms with Crippen LogP contribution < -0.4 is 5.32 Å². The first-order chi connectivity index (χ1) is 14.4. The zero-order valence-electron chi connectivity index (χ0n) is 16.6. The normalized spacial score (nSPS) is 16.4. The van der Waals surface area contributed by atoms with Crippen LogP contribution in [-0.2, 0) is 14.8 Å². The van der Waals surface area contributed by atoms with Crippen LogP contribution >= 0.6 is 11.8 Å². The van der Waals surface area contributed by atoms with E-state index >= 15 is 0 Å². The Hall–Kier alpha value is -2.36. The maximum Gasteiger partial charge on any atom is 0.257 e. The van der Waals surface area contributed by atoms with Crippen LogP contribution in [0.4, 0.5) is 5.69 Å². The van der Waals surface area contributed by atoms with E-state index in [0.717, 1.165) is 24.8 Å². The highest BCUT2D eigenvalue weighted by atomic mass is 32.2. The summed E-state index contributed by atoms with van der Waals surface area (Å²) in [5.41, 5.74) is 1.86. The molecule has 0 saturated carbocycles. The van der Waals surface area contributed by atoms with Crippen LogP contribution in [0.15, 0.2) is 63.1 Å². The lowest BCUT2D eigenvalue weighted by molar-refractivity contribution is -0.115. The second kappa shape index (κ2) is 8.79. The first-order valence-electron chi connectivity index (χ1n) is 9.87. The largest absolute Gasteiger partial charge is 0.431 e. The van der Waals surface area contributed by atoms with Crippen molar-refractivity contribution >= 4 is 44.5 Å². The van der Waals surface area contributed by atoms with Crippen LogP contribution in [0.3, 0.4) is 0 Å². The van der Waals surface area contributed by atoms with Gasteiger partial charge in [0.15, 0.2) is 5.58 Å². The van der Waals surface area contributed by atoms with Gasteiger partial charge in [-0.25, -0.2) is 13.4 Å². The van der Waals surface area contributed by atoms with E-state index in [4.69, 9.17) is 4.42 Å². The number of nitrogens with one attached hydrogen (secondary N) is 1. The number of nitrogens with zero attached hydrogens (tertiary/aromatic N) is 2.